The topological polar surface area (TPSA) is 68.2 Å². The lowest BCUT2D eigenvalue weighted by Gasteiger charge is -2.19. The minimum absolute atomic E-state index is 0.258. The maximum Gasteiger partial charge on any atom is 0.229 e. The van der Waals surface area contributed by atoms with Crippen LogP contribution in [0.25, 0.3) is 0 Å². The first kappa shape index (κ1) is 14.7. The van der Waals surface area contributed by atoms with Gasteiger partial charge in [0.25, 0.3) is 0 Å². The van der Waals surface area contributed by atoms with Gasteiger partial charge in [0.15, 0.2) is 5.82 Å². The second kappa shape index (κ2) is 7.17. The highest BCUT2D eigenvalue weighted by Gasteiger charge is 2.13. The molecule has 0 aliphatic carbocycles. The van der Waals surface area contributed by atoms with E-state index in [0.717, 1.165) is 18.9 Å². The first-order valence-electron chi connectivity index (χ1n) is 6.98. The first-order chi connectivity index (χ1) is 9.69. The Bertz CT molecular complexity index is 510. The summed E-state index contributed by atoms with van der Waals surface area (Å²) in [6.45, 7) is 6.99. The molecule has 0 fully saturated rings. The van der Waals surface area contributed by atoms with Gasteiger partial charge in [-0.2, -0.15) is 4.98 Å². The Morgan fingerprint density at radius 3 is 2.55 bits per heavy atom. The van der Waals surface area contributed by atoms with Crippen molar-refractivity contribution >= 4 is 0 Å². The van der Waals surface area contributed by atoms with E-state index >= 15 is 0 Å². The molecule has 0 amide bonds. The van der Waals surface area contributed by atoms with E-state index in [1.807, 2.05) is 32.0 Å². The number of aromatic nitrogens is 2. The standard InChI is InChI=1S/C15H22N4O/c1-12(2)15-17-14(18-20-15)11-19(9-8-16)10-13-6-4-3-5-7-13/h3-7,12H,8-11,16H2,1-2H3. The minimum Gasteiger partial charge on any atom is -0.339 e. The lowest BCUT2D eigenvalue weighted by Crippen LogP contribution is -2.29. The third-order valence-electron chi connectivity index (χ3n) is 3.04. The van der Waals surface area contributed by atoms with Crippen molar-refractivity contribution in [2.45, 2.75) is 32.9 Å². The van der Waals surface area contributed by atoms with Crippen LogP contribution in [-0.4, -0.2) is 28.1 Å². The van der Waals surface area contributed by atoms with E-state index in [9.17, 15) is 0 Å². The average Bonchev–Trinajstić information content (AvgIpc) is 2.89. The van der Waals surface area contributed by atoms with Gasteiger partial charge in [0, 0.05) is 25.6 Å². The van der Waals surface area contributed by atoms with Gasteiger partial charge in [-0.25, -0.2) is 0 Å². The Labute approximate surface area is 119 Å². The number of nitrogens with zero attached hydrogens (tertiary/aromatic N) is 3. The van der Waals surface area contributed by atoms with Crippen molar-refractivity contribution in [1.29, 1.82) is 0 Å². The van der Waals surface area contributed by atoms with Crippen molar-refractivity contribution in [2.75, 3.05) is 13.1 Å². The molecule has 0 saturated heterocycles. The van der Waals surface area contributed by atoms with Crippen LogP contribution in [0.15, 0.2) is 34.9 Å². The van der Waals surface area contributed by atoms with Gasteiger partial charge in [-0.1, -0.05) is 49.3 Å². The number of hydrogen-bond donors (Lipinski definition) is 1. The summed E-state index contributed by atoms with van der Waals surface area (Å²) >= 11 is 0. The second-order valence-electron chi connectivity index (χ2n) is 5.19. The molecule has 0 aliphatic rings. The Kier molecular flexibility index (Phi) is 5.26. The molecule has 2 rings (SSSR count). The summed E-state index contributed by atoms with van der Waals surface area (Å²) in [6, 6.07) is 10.3. The van der Waals surface area contributed by atoms with Crippen LogP contribution in [0.3, 0.4) is 0 Å². The van der Waals surface area contributed by atoms with Gasteiger partial charge in [0.05, 0.1) is 6.54 Å². The molecule has 0 aliphatic heterocycles. The van der Waals surface area contributed by atoms with Crippen LogP contribution >= 0.6 is 0 Å². The Morgan fingerprint density at radius 2 is 1.95 bits per heavy atom. The van der Waals surface area contributed by atoms with Gasteiger partial charge in [-0.05, 0) is 5.56 Å². The molecule has 0 bridgehead atoms. The molecule has 1 heterocycles. The molecule has 5 heteroatoms. The van der Waals surface area contributed by atoms with Crippen molar-refractivity contribution in [1.82, 2.24) is 15.0 Å². The molecule has 1 aromatic heterocycles. The number of rotatable bonds is 7. The number of benzene rings is 1. The van der Waals surface area contributed by atoms with E-state index in [2.05, 4.69) is 27.2 Å². The zero-order valence-electron chi connectivity index (χ0n) is 12.1. The molecule has 2 N–H and O–H groups in total. The molecule has 0 unspecified atom stereocenters. The quantitative estimate of drug-likeness (QED) is 0.838. The molecule has 1 aromatic carbocycles. The largest absolute Gasteiger partial charge is 0.339 e. The van der Waals surface area contributed by atoms with Gasteiger partial charge in [0.1, 0.15) is 0 Å². The van der Waals surface area contributed by atoms with E-state index < -0.39 is 0 Å². The van der Waals surface area contributed by atoms with Crippen LogP contribution in [0.1, 0.15) is 37.0 Å². The van der Waals surface area contributed by atoms with E-state index in [0.29, 0.717) is 19.0 Å². The van der Waals surface area contributed by atoms with Crippen molar-refractivity contribution in [3.8, 4) is 0 Å². The lowest BCUT2D eigenvalue weighted by atomic mass is 10.2. The molecule has 0 spiro atoms. The van der Waals surface area contributed by atoms with Gasteiger partial charge >= 0.3 is 0 Å². The van der Waals surface area contributed by atoms with Gasteiger partial charge in [-0.15, -0.1) is 0 Å². The van der Waals surface area contributed by atoms with Crippen LogP contribution in [0.2, 0.25) is 0 Å². The predicted octanol–water partition coefficient (Wildman–Crippen LogP) is 2.15. The summed E-state index contributed by atoms with van der Waals surface area (Å²) in [7, 11) is 0. The maximum atomic E-state index is 5.68. The third-order valence-corrected chi connectivity index (χ3v) is 3.04. The van der Waals surface area contributed by atoms with E-state index in [1.165, 1.54) is 5.56 Å². The van der Waals surface area contributed by atoms with Crippen LogP contribution in [0.5, 0.6) is 0 Å². The molecule has 0 atom stereocenters. The van der Waals surface area contributed by atoms with Crippen molar-refractivity contribution < 1.29 is 4.52 Å². The summed E-state index contributed by atoms with van der Waals surface area (Å²) < 4.78 is 5.24. The molecule has 0 saturated carbocycles. The van der Waals surface area contributed by atoms with Gasteiger partial charge in [0.2, 0.25) is 5.89 Å². The second-order valence-corrected chi connectivity index (χ2v) is 5.19. The fourth-order valence-corrected chi connectivity index (χ4v) is 2.00. The first-order valence-corrected chi connectivity index (χ1v) is 6.98. The summed E-state index contributed by atoms with van der Waals surface area (Å²) in [6.07, 6.45) is 0. The SMILES string of the molecule is CC(C)c1nc(CN(CCN)Cc2ccccc2)no1. The van der Waals surface area contributed by atoms with Gasteiger partial charge in [-0.3, -0.25) is 4.90 Å². The Morgan fingerprint density at radius 1 is 1.20 bits per heavy atom. The number of hydrogen-bond acceptors (Lipinski definition) is 5. The zero-order valence-corrected chi connectivity index (χ0v) is 12.1. The summed E-state index contributed by atoms with van der Waals surface area (Å²) in [5.41, 5.74) is 6.94. The van der Waals surface area contributed by atoms with Crippen LogP contribution < -0.4 is 5.73 Å². The van der Waals surface area contributed by atoms with Crippen LogP contribution in [-0.2, 0) is 13.1 Å². The normalized spacial score (nSPS) is 11.4. The van der Waals surface area contributed by atoms with Crippen molar-refractivity contribution in [3.05, 3.63) is 47.6 Å². The number of nitrogens with two attached hydrogens (primary N) is 1. The summed E-state index contributed by atoms with van der Waals surface area (Å²) in [5, 5.41) is 4.03. The highest BCUT2D eigenvalue weighted by Crippen LogP contribution is 2.13. The Balaban J connectivity index is 2.01. The molecule has 108 valence electrons. The monoisotopic (exact) mass is 274 g/mol. The highest BCUT2D eigenvalue weighted by atomic mass is 16.5. The zero-order chi connectivity index (χ0) is 14.4. The molecule has 20 heavy (non-hydrogen) atoms. The van der Waals surface area contributed by atoms with Crippen molar-refractivity contribution in [2.24, 2.45) is 5.73 Å². The van der Waals surface area contributed by atoms with Crippen molar-refractivity contribution in [3.63, 3.8) is 0 Å². The minimum atomic E-state index is 0.258. The predicted molar refractivity (Wildman–Crippen MR) is 78.0 cm³/mol. The molecule has 5 nitrogen and oxygen atoms in total. The van der Waals surface area contributed by atoms with E-state index in [-0.39, 0.29) is 5.92 Å². The lowest BCUT2D eigenvalue weighted by molar-refractivity contribution is 0.252. The smallest absolute Gasteiger partial charge is 0.229 e. The molecular weight excluding hydrogens is 252 g/mol. The molecule has 2 aromatic rings. The average molecular weight is 274 g/mol. The van der Waals surface area contributed by atoms with E-state index in [1.54, 1.807) is 0 Å². The summed E-state index contributed by atoms with van der Waals surface area (Å²) in [4.78, 5) is 6.64. The summed E-state index contributed by atoms with van der Waals surface area (Å²) in [5.74, 6) is 1.67. The molecular formula is C15H22N4O. The van der Waals surface area contributed by atoms with Crippen LogP contribution in [0, 0.1) is 0 Å². The molecule has 0 radical (unpaired) electrons. The third kappa shape index (κ3) is 4.15. The fourth-order valence-electron chi connectivity index (χ4n) is 2.00. The Hall–Kier alpha value is -1.72. The maximum absolute atomic E-state index is 5.68. The van der Waals surface area contributed by atoms with Gasteiger partial charge < -0.3 is 10.3 Å². The van der Waals surface area contributed by atoms with E-state index in [4.69, 9.17) is 10.3 Å². The highest BCUT2D eigenvalue weighted by molar-refractivity contribution is 5.14. The van der Waals surface area contributed by atoms with Crippen LogP contribution in [0.4, 0.5) is 0 Å². The fraction of sp³-hybridized carbons (Fsp3) is 0.467.